The van der Waals surface area contributed by atoms with Crippen LogP contribution in [0, 0.1) is 0 Å². The molecule has 0 saturated carbocycles. The minimum atomic E-state index is -0.169. The summed E-state index contributed by atoms with van der Waals surface area (Å²) < 4.78 is 3.28. The summed E-state index contributed by atoms with van der Waals surface area (Å²) in [5.74, 6) is 0.0311. The fourth-order valence-corrected chi connectivity index (χ4v) is 2.15. The topological polar surface area (TPSA) is 65.8 Å². The SMILES string of the molecule is Cn1ccc2cccc(C(=O)n3ccnc3N)c21. The van der Waals surface area contributed by atoms with Crippen molar-refractivity contribution in [1.82, 2.24) is 14.1 Å². The van der Waals surface area contributed by atoms with Crippen LogP contribution in [-0.2, 0) is 7.05 Å². The highest BCUT2D eigenvalue weighted by Gasteiger charge is 2.15. The Balaban J connectivity index is 2.24. The summed E-state index contributed by atoms with van der Waals surface area (Å²) in [5, 5.41) is 1.03. The molecule has 3 aromatic rings. The summed E-state index contributed by atoms with van der Waals surface area (Å²) in [6.45, 7) is 0. The van der Waals surface area contributed by atoms with E-state index in [0.29, 0.717) is 5.56 Å². The number of nitrogens with two attached hydrogens (primary N) is 1. The first-order valence-corrected chi connectivity index (χ1v) is 5.56. The van der Waals surface area contributed by atoms with E-state index >= 15 is 0 Å². The van der Waals surface area contributed by atoms with Gasteiger partial charge in [-0.25, -0.2) is 4.98 Å². The Kier molecular flexibility index (Phi) is 2.19. The zero-order chi connectivity index (χ0) is 12.7. The fourth-order valence-electron chi connectivity index (χ4n) is 2.15. The number of nitrogens with zero attached hydrogens (tertiary/aromatic N) is 3. The summed E-state index contributed by atoms with van der Waals surface area (Å²) in [7, 11) is 1.91. The first kappa shape index (κ1) is 10.6. The maximum absolute atomic E-state index is 12.4. The number of rotatable bonds is 1. The number of hydrogen-bond donors (Lipinski definition) is 1. The first-order valence-electron chi connectivity index (χ1n) is 5.56. The summed E-state index contributed by atoms with van der Waals surface area (Å²) in [5.41, 5.74) is 7.17. The van der Waals surface area contributed by atoms with Crippen molar-refractivity contribution in [3.05, 3.63) is 48.4 Å². The van der Waals surface area contributed by atoms with E-state index in [1.54, 1.807) is 12.3 Å². The molecule has 0 aliphatic heterocycles. The van der Waals surface area contributed by atoms with Crippen molar-refractivity contribution < 1.29 is 4.79 Å². The predicted molar refractivity (Wildman–Crippen MR) is 69.3 cm³/mol. The van der Waals surface area contributed by atoms with Gasteiger partial charge in [-0.05, 0) is 12.1 Å². The highest BCUT2D eigenvalue weighted by atomic mass is 16.2. The number of benzene rings is 1. The van der Waals surface area contributed by atoms with Crippen molar-refractivity contribution >= 4 is 22.8 Å². The number of carbonyl (C=O) groups is 1. The van der Waals surface area contributed by atoms with E-state index in [9.17, 15) is 4.79 Å². The highest BCUT2D eigenvalue weighted by molar-refractivity contribution is 6.07. The minimum Gasteiger partial charge on any atom is -0.369 e. The van der Waals surface area contributed by atoms with E-state index in [4.69, 9.17) is 5.73 Å². The van der Waals surface area contributed by atoms with Crippen LogP contribution in [0.5, 0.6) is 0 Å². The van der Waals surface area contributed by atoms with Crippen LogP contribution in [0.4, 0.5) is 5.95 Å². The van der Waals surface area contributed by atoms with Crippen molar-refractivity contribution in [3.8, 4) is 0 Å². The maximum Gasteiger partial charge on any atom is 0.266 e. The molecule has 5 heteroatoms. The molecule has 90 valence electrons. The lowest BCUT2D eigenvalue weighted by Crippen LogP contribution is -2.14. The molecule has 0 saturated heterocycles. The van der Waals surface area contributed by atoms with Crippen molar-refractivity contribution in [2.24, 2.45) is 7.05 Å². The van der Waals surface area contributed by atoms with E-state index < -0.39 is 0 Å². The Bertz CT molecular complexity index is 738. The number of anilines is 1. The normalized spacial score (nSPS) is 10.9. The van der Waals surface area contributed by atoms with Crippen molar-refractivity contribution in [2.75, 3.05) is 5.73 Å². The van der Waals surface area contributed by atoms with Gasteiger partial charge >= 0.3 is 0 Å². The average Bonchev–Trinajstić information content (AvgIpc) is 2.95. The van der Waals surface area contributed by atoms with Gasteiger partial charge in [0.2, 0.25) is 5.95 Å². The molecule has 0 aliphatic rings. The molecule has 0 atom stereocenters. The monoisotopic (exact) mass is 240 g/mol. The third-order valence-corrected chi connectivity index (χ3v) is 3.02. The molecule has 5 nitrogen and oxygen atoms in total. The van der Waals surface area contributed by atoms with Crippen LogP contribution in [0.15, 0.2) is 42.9 Å². The minimum absolute atomic E-state index is 0.169. The van der Waals surface area contributed by atoms with Gasteiger partial charge in [0.25, 0.3) is 5.91 Å². The lowest BCUT2D eigenvalue weighted by Gasteiger charge is -2.06. The first-order chi connectivity index (χ1) is 8.68. The van der Waals surface area contributed by atoms with Gasteiger partial charge in [-0.1, -0.05) is 12.1 Å². The molecule has 18 heavy (non-hydrogen) atoms. The number of para-hydroxylation sites is 1. The molecule has 3 rings (SSSR count). The second-order valence-corrected chi connectivity index (χ2v) is 4.13. The Labute approximate surface area is 103 Å². The Morgan fingerprint density at radius 2 is 2.11 bits per heavy atom. The van der Waals surface area contributed by atoms with Gasteiger partial charge in [0.05, 0.1) is 11.1 Å². The number of aromatic nitrogens is 3. The fraction of sp³-hybridized carbons (Fsp3) is 0.0769. The van der Waals surface area contributed by atoms with Crippen LogP contribution in [-0.4, -0.2) is 20.0 Å². The maximum atomic E-state index is 12.4. The van der Waals surface area contributed by atoms with Gasteiger partial charge in [0, 0.05) is 31.0 Å². The molecule has 2 aromatic heterocycles. The molecule has 1 aromatic carbocycles. The van der Waals surface area contributed by atoms with Gasteiger partial charge in [0.1, 0.15) is 0 Å². The Hall–Kier alpha value is -2.56. The Morgan fingerprint density at radius 1 is 1.28 bits per heavy atom. The lowest BCUT2D eigenvalue weighted by atomic mass is 10.1. The van der Waals surface area contributed by atoms with E-state index in [-0.39, 0.29) is 11.9 Å². The molecular weight excluding hydrogens is 228 g/mol. The average molecular weight is 240 g/mol. The molecule has 0 aliphatic carbocycles. The molecular formula is C13H12N4O. The van der Waals surface area contributed by atoms with Crippen molar-refractivity contribution in [2.45, 2.75) is 0 Å². The zero-order valence-corrected chi connectivity index (χ0v) is 9.87. The molecule has 0 fully saturated rings. The second-order valence-electron chi connectivity index (χ2n) is 4.13. The number of fused-ring (bicyclic) bond motifs is 1. The standard InChI is InChI=1S/C13H12N4O/c1-16-7-5-9-3-2-4-10(11(9)16)12(18)17-8-6-15-13(17)14/h2-8H,1H3,(H2,14,15). The smallest absolute Gasteiger partial charge is 0.266 e. The molecule has 0 spiro atoms. The van der Waals surface area contributed by atoms with Gasteiger partial charge in [-0.3, -0.25) is 9.36 Å². The molecule has 0 unspecified atom stereocenters. The quantitative estimate of drug-likeness (QED) is 0.703. The largest absolute Gasteiger partial charge is 0.369 e. The summed E-state index contributed by atoms with van der Waals surface area (Å²) in [6.07, 6.45) is 5.01. The third kappa shape index (κ3) is 1.41. The lowest BCUT2D eigenvalue weighted by molar-refractivity contribution is 0.0963. The van der Waals surface area contributed by atoms with E-state index in [1.807, 2.05) is 36.0 Å². The van der Waals surface area contributed by atoms with E-state index in [2.05, 4.69) is 4.98 Å². The van der Waals surface area contributed by atoms with Crippen LogP contribution >= 0.6 is 0 Å². The number of imidazole rings is 1. The van der Waals surface area contributed by atoms with Gasteiger partial charge in [0.15, 0.2) is 0 Å². The summed E-state index contributed by atoms with van der Waals surface area (Å²) in [4.78, 5) is 16.3. The van der Waals surface area contributed by atoms with Crippen LogP contribution in [0.2, 0.25) is 0 Å². The van der Waals surface area contributed by atoms with Gasteiger partial charge in [-0.15, -0.1) is 0 Å². The second kappa shape index (κ2) is 3.73. The number of carbonyl (C=O) groups excluding carboxylic acids is 1. The Morgan fingerprint density at radius 3 is 2.83 bits per heavy atom. The van der Waals surface area contributed by atoms with Gasteiger partial charge in [-0.2, -0.15) is 0 Å². The number of aryl methyl sites for hydroxylation is 1. The number of hydrogen-bond acceptors (Lipinski definition) is 3. The van der Waals surface area contributed by atoms with E-state index in [1.165, 1.54) is 10.8 Å². The molecule has 0 amide bonds. The third-order valence-electron chi connectivity index (χ3n) is 3.02. The summed E-state index contributed by atoms with van der Waals surface area (Å²) in [6, 6.07) is 7.61. The summed E-state index contributed by atoms with van der Waals surface area (Å²) >= 11 is 0. The molecule has 0 radical (unpaired) electrons. The van der Waals surface area contributed by atoms with Crippen LogP contribution in [0.1, 0.15) is 10.4 Å². The highest BCUT2D eigenvalue weighted by Crippen LogP contribution is 2.20. The predicted octanol–water partition coefficient (Wildman–Crippen LogP) is 1.65. The zero-order valence-electron chi connectivity index (χ0n) is 9.87. The molecule has 2 heterocycles. The van der Waals surface area contributed by atoms with Crippen molar-refractivity contribution in [1.29, 1.82) is 0 Å². The number of nitrogen functional groups attached to an aromatic ring is 1. The molecule has 0 bridgehead atoms. The van der Waals surface area contributed by atoms with Gasteiger partial charge < -0.3 is 10.3 Å². The van der Waals surface area contributed by atoms with Crippen LogP contribution in [0.3, 0.4) is 0 Å². The van der Waals surface area contributed by atoms with Crippen LogP contribution < -0.4 is 5.73 Å². The van der Waals surface area contributed by atoms with Crippen LogP contribution in [0.25, 0.3) is 10.9 Å². The van der Waals surface area contributed by atoms with Crippen molar-refractivity contribution in [3.63, 3.8) is 0 Å². The van der Waals surface area contributed by atoms with E-state index in [0.717, 1.165) is 10.9 Å². The molecule has 2 N–H and O–H groups in total.